The van der Waals surface area contributed by atoms with Crippen LogP contribution in [0.1, 0.15) is 52.9 Å². The second-order valence-electron chi connectivity index (χ2n) is 8.55. The zero-order valence-electron chi connectivity index (χ0n) is 13.9. The summed E-state index contributed by atoms with van der Waals surface area (Å²) in [6.45, 7) is 6.83. The van der Waals surface area contributed by atoms with Crippen LogP contribution in [0.2, 0.25) is 0 Å². The molecule has 0 spiro atoms. The number of allylic oxidation sites excluding steroid dienone is 4. The van der Waals surface area contributed by atoms with Gasteiger partial charge in [0.05, 0.1) is 0 Å². The van der Waals surface area contributed by atoms with Crippen LogP contribution in [0.4, 0.5) is 0 Å². The van der Waals surface area contributed by atoms with Crippen LogP contribution in [-0.4, -0.2) is 11.6 Å². The fourth-order valence-corrected chi connectivity index (χ4v) is 6.39. The van der Waals surface area contributed by atoms with Crippen molar-refractivity contribution in [3.05, 3.63) is 23.8 Å². The van der Waals surface area contributed by atoms with E-state index < -0.39 is 0 Å². The largest absolute Gasteiger partial charge is 0.299 e. The first-order valence-corrected chi connectivity index (χ1v) is 8.85. The van der Waals surface area contributed by atoms with Gasteiger partial charge in [-0.3, -0.25) is 9.59 Å². The number of carbonyl (C=O) groups excluding carboxylic acids is 2. The average Bonchev–Trinajstić information content (AvgIpc) is 2.77. The summed E-state index contributed by atoms with van der Waals surface area (Å²) >= 11 is 0. The lowest BCUT2D eigenvalue weighted by Gasteiger charge is -2.57. The molecule has 0 aliphatic heterocycles. The lowest BCUT2D eigenvalue weighted by atomic mass is 9.47. The maximum Gasteiger partial charge on any atom is 0.178 e. The number of ketones is 2. The third kappa shape index (κ3) is 1.67. The van der Waals surface area contributed by atoms with Gasteiger partial charge < -0.3 is 0 Å². The summed E-state index contributed by atoms with van der Waals surface area (Å²) in [5.41, 5.74) is 1.31. The highest BCUT2D eigenvalue weighted by molar-refractivity contribution is 6.01. The summed E-state index contributed by atoms with van der Waals surface area (Å²) in [5, 5.41) is 0. The van der Waals surface area contributed by atoms with Crippen LogP contribution in [0.3, 0.4) is 0 Å². The molecule has 0 bridgehead atoms. The van der Waals surface area contributed by atoms with Gasteiger partial charge in [0.15, 0.2) is 5.78 Å². The minimum atomic E-state index is -0.0628. The second-order valence-corrected chi connectivity index (χ2v) is 8.55. The zero-order valence-corrected chi connectivity index (χ0v) is 13.9. The molecule has 3 fully saturated rings. The SMILES string of the molecule is C[C@@H]1CC2C(CCC3(C)C(=O)CCC23)C2(C)C=CC(=O)C=C12. The van der Waals surface area contributed by atoms with Gasteiger partial charge in [-0.25, -0.2) is 0 Å². The van der Waals surface area contributed by atoms with Gasteiger partial charge in [0.2, 0.25) is 0 Å². The van der Waals surface area contributed by atoms with E-state index in [1.807, 2.05) is 6.08 Å². The topological polar surface area (TPSA) is 34.1 Å². The molecule has 6 atom stereocenters. The van der Waals surface area contributed by atoms with Crippen LogP contribution in [0, 0.1) is 34.5 Å². The molecule has 4 aliphatic rings. The third-order valence-electron chi connectivity index (χ3n) is 7.59. The van der Waals surface area contributed by atoms with Crippen molar-refractivity contribution in [3.63, 3.8) is 0 Å². The van der Waals surface area contributed by atoms with Crippen LogP contribution in [-0.2, 0) is 9.59 Å². The summed E-state index contributed by atoms with van der Waals surface area (Å²) in [5.74, 6) is 2.91. The summed E-state index contributed by atoms with van der Waals surface area (Å²) in [7, 11) is 0. The Kier molecular flexibility index (Phi) is 2.90. The molecular formula is C20H26O2. The van der Waals surface area contributed by atoms with E-state index in [-0.39, 0.29) is 16.6 Å². The molecule has 0 aromatic carbocycles. The highest BCUT2D eigenvalue weighted by atomic mass is 16.1. The van der Waals surface area contributed by atoms with Crippen LogP contribution in [0.15, 0.2) is 23.8 Å². The molecule has 0 aromatic rings. The van der Waals surface area contributed by atoms with Crippen molar-refractivity contribution in [3.8, 4) is 0 Å². The predicted molar refractivity (Wildman–Crippen MR) is 86.2 cm³/mol. The highest BCUT2D eigenvalue weighted by Crippen LogP contribution is 2.64. The quantitative estimate of drug-likeness (QED) is 0.674. The first kappa shape index (κ1) is 14.4. The highest BCUT2D eigenvalue weighted by Gasteiger charge is 2.59. The van der Waals surface area contributed by atoms with Crippen molar-refractivity contribution in [1.82, 2.24) is 0 Å². The maximum atomic E-state index is 12.4. The second kappa shape index (κ2) is 4.43. The minimum absolute atomic E-state index is 0.0310. The van der Waals surface area contributed by atoms with Gasteiger partial charge in [0, 0.05) is 17.3 Å². The predicted octanol–water partition coefficient (Wildman–Crippen LogP) is 4.11. The molecule has 0 saturated heterocycles. The molecule has 0 aromatic heterocycles. The minimum Gasteiger partial charge on any atom is -0.299 e. The van der Waals surface area contributed by atoms with E-state index in [1.165, 1.54) is 5.57 Å². The molecule has 22 heavy (non-hydrogen) atoms. The molecule has 2 nitrogen and oxygen atoms in total. The fraction of sp³-hybridized carbons (Fsp3) is 0.700. The van der Waals surface area contributed by atoms with E-state index in [4.69, 9.17) is 0 Å². The Morgan fingerprint density at radius 1 is 1.14 bits per heavy atom. The van der Waals surface area contributed by atoms with Crippen LogP contribution >= 0.6 is 0 Å². The van der Waals surface area contributed by atoms with Gasteiger partial charge in [-0.05, 0) is 61.5 Å². The Morgan fingerprint density at radius 3 is 2.68 bits per heavy atom. The Bertz CT molecular complexity index is 613. The summed E-state index contributed by atoms with van der Waals surface area (Å²) < 4.78 is 0. The Morgan fingerprint density at radius 2 is 1.91 bits per heavy atom. The van der Waals surface area contributed by atoms with E-state index in [0.29, 0.717) is 29.5 Å². The van der Waals surface area contributed by atoms with E-state index in [0.717, 1.165) is 32.1 Å². The van der Waals surface area contributed by atoms with Crippen molar-refractivity contribution in [2.75, 3.05) is 0 Å². The molecule has 3 saturated carbocycles. The molecule has 118 valence electrons. The zero-order chi connectivity index (χ0) is 15.7. The Labute approximate surface area is 133 Å². The molecular weight excluding hydrogens is 272 g/mol. The van der Waals surface area contributed by atoms with E-state index >= 15 is 0 Å². The van der Waals surface area contributed by atoms with E-state index in [9.17, 15) is 9.59 Å². The van der Waals surface area contributed by atoms with Crippen molar-refractivity contribution in [2.45, 2.75) is 52.9 Å². The molecule has 5 unspecified atom stereocenters. The lowest BCUT2D eigenvalue weighted by Crippen LogP contribution is -2.51. The van der Waals surface area contributed by atoms with Crippen molar-refractivity contribution in [1.29, 1.82) is 0 Å². The van der Waals surface area contributed by atoms with Crippen LogP contribution < -0.4 is 0 Å². The molecule has 0 radical (unpaired) electrons. The number of carbonyl (C=O) groups is 2. The summed E-state index contributed by atoms with van der Waals surface area (Å²) in [4.78, 5) is 24.3. The van der Waals surface area contributed by atoms with Gasteiger partial charge in [-0.15, -0.1) is 0 Å². The Balaban J connectivity index is 1.76. The Hall–Kier alpha value is -1.18. The van der Waals surface area contributed by atoms with Crippen LogP contribution in [0.25, 0.3) is 0 Å². The van der Waals surface area contributed by atoms with Crippen molar-refractivity contribution >= 4 is 11.6 Å². The number of hydrogen-bond donors (Lipinski definition) is 0. The molecule has 0 amide bonds. The average molecular weight is 298 g/mol. The first-order valence-electron chi connectivity index (χ1n) is 8.85. The first-order chi connectivity index (χ1) is 10.4. The summed E-state index contributed by atoms with van der Waals surface area (Å²) in [6, 6.07) is 0. The fourth-order valence-electron chi connectivity index (χ4n) is 6.39. The lowest BCUT2D eigenvalue weighted by molar-refractivity contribution is -0.132. The number of fused-ring (bicyclic) bond motifs is 5. The standard InChI is InChI=1S/C20H26O2/c1-12-10-14-15-4-5-18(22)20(15,3)9-7-16(14)19(2)8-6-13(21)11-17(12)19/h6,8,11-12,14-16H,4-5,7,9-10H2,1-3H3/t12-,14?,15?,16?,19?,20?/m1/s1. The van der Waals surface area contributed by atoms with Crippen LogP contribution in [0.5, 0.6) is 0 Å². The van der Waals surface area contributed by atoms with E-state index in [2.05, 4.69) is 26.8 Å². The molecule has 2 heteroatoms. The molecule has 4 rings (SSSR count). The molecule has 4 aliphatic carbocycles. The maximum absolute atomic E-state index is 12.4. The normalized spacial score (nSPS) is 50.2. The third-order valence-corrected chi connectivity index (χ3v) is 7.59. The number of Topliss-reactive ketones (excluding diaryl/α,β-unsaturated/α-hetero) is 1. The van der Waals surface area contributed by atoms with Gasteiger partial charge in [0.25, 0.3) is 0 Å². The molecule has 0 heterocycles. The smallest absolute Gasteiger partial charge is 0.178 e. The van der Waals surface area contributed by atoms with Gasteiger partial charge in [-0.1, -0.05) is 32.4 Å². The van der Waals surface area contributed by atoms with Gasteiger partial charge in [0.1, 0.15) is 5.78 Å². The van der Waals surface area contributed by atoms with Gasteiger partial charge in [-0.2, -0.15) is 0 Å². The van der Waals surface area contributed by atoms with E-state index in [1.54, 1.807) is 6.08 Å². The summed E-state index contributed by atoms with van der Waals surface area (Å²) in [6.07, 6.45) is 11.0. The van der Waals surface area contributed by atoms with Crippen molar-refractivity contribution < 1.29 is 9.59 Å². The molecule has 0 N–H and O–H groups in total. The number of rotatable bonds is 0. The number of hydrogen-bond acceptors (Lipinski definition) is 2. The van der Waals surface area contributed by atoms with Gasteiger partial charge >= 0.3 is 0 Å². The monoisotopic (exact) mass is 298 g/mol. The van der Waals surface area contributed by atoms with Crippen molar-refractivity contribution in [2.24, 2.45) is 34.5 Å².